The number of rotatable bonds is 3. The highest BCUT2D eigenvalue weighted by atomic mass is 16.5. The van der Waals surface area contributed by atoms with Gasteiger partial charge in [-0.2, -0.15) is 0 Å². The zero-order valence-electron chi connectivity index (χ0n) is 10.6. The molecule has 0 aliphatic carbocycles. The predicted molar refractivity (Wildman–Crippen MR) is 70.0 cm³/mol. The number of hydrogen-bond acceptors (Lipinski definition) is 5. The second-order valence-corrected chi connectivity index (χ2v) is 4.62. The minimum Gasteiger partial charge on any atom is -0.508 e. The minimum absolute atomic E-state index is 0.124. The Bertz CT molecular complexity index is 584. The summed E-state index contributed by atoms with van der Waals surface area (Å²) >= 11 is 0. The Morgan fingerprint density at radius 1 is 1.37 bits per heavy atom. The molecule has 2 N–H and O–H groups in total. The van der Waals surface area contributed by atoms with Gasteiger partial charge in [0.25, 0.3) is 0 Å². The number of nitrogens with one attached hydrogen (secondary N) is 1. The van der Waals surface area contributed by atoms with Crippen molar-refractivity contribution in [2.24, 2.45) is 0 Å². The minimum atomic E-state index is 0.124. The SMILES string of the molecule is Cc1cnc(CNC2COc3cc(O)ccc32)cn1. The average molecular weight is 257 g/mol. The molecule has 3 rings (SSSR count). The van der Waals surface area contributed by atoms with Crippen molar-refractivity contribution in [1.29, 1.82) is 0 Å². The van der Waals surface area contributed by atoms with Gasteiger partial charge in [-0.1, -0.05) is 0 Å². The maximum absolute atomic E-state index is 9.40. The molecular formula is C14H15N3O2. The molecule has 1 aliphatic rings. The molecule has 98 valence electrons. The highest BCUT2D eigenvalue weighted by Crippen LogP contribution is 2.34. The normalized spacial score (nSPS) is 17.0. The molecule has 5 heteroatoms. The van der Waals surface area contributed by atoms with Crippen molar-refractivity contribution in [3.8, 4) is 11.5 Å². The Kier molecular flexibility index (Phi) is 3.05. The van der Waals surface area contributed by atoms with Gasteiger partial charge in [0.15, 0.2) is 0 Å². The Labute approximate surface area is 111 Å². The second-order valence-electron chi connectivity index (χ2n) is 4.62. The lowest BCUT2D eigenvalue weighted by Crippen LogP contribution is -2.22. The molecule has 0 fully saturated rings. The summed E-state index contributed by atoms with van der Waals surface area (Å²) < 4.78 is 5.54. The van der Waals surface area contributed by atoms with Gasteiger partial charge in [-0.15, -0.1) is 0 Å². The summed E-state index contributed by atoms with van der Waals surface area (Å²) in [4.78, 5) is 8.52. The van der Waals surface area contributed by atoms with Crippen molar-refractivity contribution in [1.82, 2.24) is 15.3 Å². The van der Waals surface area contributed by atoms with Crippen LogP contribution in [0.25, 0.3) is 0 Å². The smallest absolute Gasteiger partial charge is 0.127 e. The Morgan fingerprint density at radius 3 is 3.05 bits per heavy atom. The lowest BCUT2D eigenvalue weighted by molar-refractivity contribution is 0.309. The van der Waals surface area contributed by atoms with Gasteiger partial charge in [-0.3, -0.25) is 9.97 Å². The molecule has 1 atom stereocenters. The molecule has 0 radical (unpaired) electrons. The molecule has 1 aromatic carbocycles. The maximum Gasteiger partial charge on any atom is 0.127 e. The molecule has 1 aromatic heterocycles. The fraction of sp³-hybridized carbons (Fsp3) is 0.286. The molecule has 0 saturated heterocycles. The molecule has 1 aliphatic heterocycles. The third-order valence-electron chi connectivity index (χ3n) is 3.14. The van der Waals surface area contributed by atoms with E-state index in [1.165, 1.54) is 0 Å². The lowest BCUT2D eigenvalue weighted by atomic mass is 10.1. The Balaban J connectivity index is 1.68. The van der Waals surface area contributed by atoms with Gasteiger partial charge < -0.3 is 15.2 Å². The zero-order chi connectivity index (χ0) is 13.2. The third-order valence-corrected chi connectivity index (χ3v) is 3.14. The maximum atomic E-state index is 9.40. The van der Waals surface area contributed by atoms with Crippen LogP contribution in [0.15, 0.2) is 30.6 Å². The highest BCUT2D eigenvalue weighted by molar-refractivity contribution is 5.44. The summed E-state index contributed by atoms with van der Waals surface area (Å²) in [5, 5.41) is 12.8. The van der Waals surface area contributed by atoms with Crippen LogP contribution in [-0.4, -0.2) is 21.7 Å². The van der Waals surface area contributed by atoms with Crippen LogP contribution in [0.2, 0.25) is 0 Å². The van der Waals surface area contributed by atoms with Crippen molar-refractivity contribution in [2.75, 3.05) is 6.61 Å². The summed E-state index contributed by atoms with van der Waals surface area (Å²) in [6.45, 7) is 3.12. The van der Waals surface area contributed by atoms with E-state index in [9.17, 15) is 5.11 Å². The summed E-state index contributed by atoms with van der Waals surface area (Å²) in [5.41, 5.74) is 2.88. The van der Waals surface area contributed by atoms with Crippen LogP contribution in [0.3, 0.4) is 0 Å². The van der Waals surface area contributed by atoms with Crippen LogP contribution in [0.5, 0.6) is 11.5 Å². The van der Waals surface area contributed by atoms with E-state index in [0.29, 0.717) is 13.2 Å². The van der Waals surface area contributed by atoms with Crippen molar-refractivity contribution in [3.63, 3.8) is 0 Å². The number of aromatic hydroxyl groups is 1. The van der Waals surface area contributed by atoms with E-state index in [2.05, 4.69) is 15.3 Å². The second kappa shape index (κ2) is 4.85. The van der Waals surface area contributed by atoms with Gasteiger partial charge in [-0.05, 0) is 19.1 Å². The molecule has 0 spiro atoms. The fourth-order valence-electron chi connectivity index (χ4n) is 2.11. The van der Waals surface area contributed by atoms with Gasteiger partial charge >= 0.3 is 0 Å². The number of nitrogens with zero attached hydrogens (tertiary/aromatic N) is 2. The van der Waals surface area contributed by atoms with E-state index in [4.69, 9.17) is 4.74 Å². The molecule has 19 heavy (non-hydrogen) atoms. The van der Waals surface area contributed by atoms with Crippen molar-refractivity contribution in [3.05, 3.63) is 47.5 Å². The molecule has 0 bridgehead atoms. The van der Waals surface area contributed by atoms with Gasteiger partial charge in [0.2, 0.25) is 0 Å². The number of benzene rings is 1. The fourth-order valence-corrected chi connectivity index (χ4v) is 2.11. The monoisotopic (exact) mass is 257 g/mol. The van der Waals surface area contributed by atoms with Crippen LogP contribution in [0, 0.1) is 6.92 Å². The number of aromatic nitrogens is 2. The van der Waals surface area contributed by atoms with Crippen LogP contribution in [0.1, 0.15) is 23.0 Å². The van der Waals surface area contributed by atoms with Gasteiger partial charge in [0.05, 0.1) is 17.4 Å². The summed E-state index contributed by atoms with van der Waals surface area (Å²) in [7, 11) is 0. The first-order valence-electron chi connectivity index (χ1n) is 6.19. The van der Waals surface area contributed by atoms with Crippen LogP contribution >= 0.6 is 0 Å². The number of ether oxygens (including phenoxy) is 1. The van der Waals surface area contributed by atoms with Gasteiger partial charge in [-0.25, -0.2) is 0 Å². The zero-order valence-corrected chi connectivity index (χ0v) is 10.6. The molecule has 1 unspecified atom stereocenters. The number of hydrogen-bond donors (Lipinski definition) is 2. The number of aryl methyl sites for hydroxylation is 1. The Morgan fingerprint density at radius 2 is 2.26 bits per heavy atom. The molecule has 5 nitrogen and oxygen atoms in total. The van der Waals surface area contributed by atoms with Crippen LogP contribution in [-0.2, 0) is 6.54 Å². The standard InChI is InChI=1S/C14H15N3O2/c1-9-5-16-10(6-15-9)7-17-13-8-19-14-4-11(18)2-3-12(13)14/h2-6,13,17-18H,7-8H2,1H3. The molecule has 0 saturated carbocycles. The topological polar surface area (TPSA) is 67.3 Å². The van der Waals surface area contributed by atoms with Crippen molar-refractivity contribution >= 4 is 0 Å². The van der Waals surface area contributed by atoms with E-state index in [1.807, 2.05) is 13.0 Å². The van der Waals surface area contributed by atoms with E-state index in [-0.39, 0.29) is 11.8 Å². The quantitative estimate of drug-likeness (QED) is 0.876. The number of fused-ring (bicyclic) bond motifs is 1. The first kappa shape index (κ1) is 11.9. The summed E-state index contributed by atoms with van der Waals surface area (Å²) in [6.07, 6.45) is 3.53. The largest absolute Gasteiger partial charge is 0.508 e. The van der Waals surface area contributed by atoms with Crippen molar-refractivity contribution in [2.45, 2.75) is 19.5 Å². The third kappa shape index (κ3) is 2.51. The molecule has 0 amide bonds. The Hall–Kier alpha value is -2.14. The van der Waals surface area contributed by atoms with E-state index in [0.717, 1.165) is 22.7 Å². The number of phenols is 1. The van der Waals surface area contributed by atoms with E-state index >= 15 is 0 Å². The van der Waals surface area contributed by atoms with Gasteiger partial charge in [0.1, 0.15) is 18.1 Å². The first-order chi connectivity index (χ1) is 9.22. The molecule has 2 heterocycles. The number of phenolic OH excluding ortho intramolecular Hbond substituents is 1. The van der Waals surface area contributed by atoms with Gasteiger partial charge in [0, 0.05) is 30.6 Å². The predicted octanol–water partition coefficient (Wildman–Crippen LogP) is 1.71. The highest BCUT2D eigenvalue weighted by Gasteiger charge is 2.23. The van der Waals surface area contributed by atoms with E-state index < -0.39 is 0 Å². The summed E-state index contributed by atoms with van der Waals surface area (Å²) in [6, 6.07) is 5.32. The molecule has 2 aromatic rings. The first-order valence-corrected chi connectivity index (χ1v) is 6.19. The van der Waals surface area contributed by atoms with Crippen LogP contribution < -0.4 is 10.1 Å². The lowest BCUT2D eigenvalue weighted by Gasteiger charge is -2.11. The van der Waals surface area contributed by atoms with Crippen LogP contribution in [0.4, 0.5) is 0 Å². The average Bonchev–Trinajstić information content (AvgIpc) is 2.80. The molecular weight excluding hydrogens is 242 g/mol. The van der Waals surface area contributed by atoms with Crippen molar-refractivity contribution < 1.29 is 9.84 Å². The van der Waals surface area contributed by atoms with E-state index in [1.54, 1.807) is 24.5 Å². The summed E-state index contributed by atoms with van der Waals surface area (Å²) in [5.74, 6) is 0.969.